The molecule has 0 spiro atoms. The zero-order chi connectivity index (χ0) is 15.5. The zero-order valence-corrected chi connectivity index (χ0v) is 12.8. The van der Waals surface area contributed by atoms with Gasteiger partial charge in [-0.2, -0.15) is 4.98 Å². The summed E-state index contributed by atoms with van der Waals surface area (Å²) in [5.74, 6) is 0.0468. The molecule has 0 radical (unpaired) electrons. The molecule has 2 unspecified atom stereocenters. The fraction of sp³-hybridized carbons (Fsp3) is 0.786. The van der Waals surface area contributed by atoms with Crippen molar-refractivity contribution < 1.29 is 14.4 Å². The van der Waals surface area contributed by atoms with Crippen molar-refractivity contribution in [3.05, 3.63) is 11.7 Å². The van der Waals surface area contributed by atoms with Crippen LogP contribution in [0.2, 0.25) is 0 Å². The van der Waals surface area contributed by atoms with E-state index in [1.807, 2.05) is 20.8 Å². The number of aromatic nitrogens is 2. The van der Waals surface area contributed by atoms with Gasteiger partial charge in [-0.1, -0.05) is 25.9 Å². The molecule has 1 fully saturated rings. The zero-order valence-electron chi connectivity index (χ0n) is 12.8. The van der Waals surface area contributed by atoms with Crippen molar-refractivity contribution in [2.24, 2.45) is 5.41 Å². The first-order valence-corrected chi connectivity index (χ1v) is 7.38. The molecule has 2 rings (SSSR count). The molecular weight excluding hydrogens is 272 g/mol. The third-order valence-electron chi connectivity index (χ3n) is 3.35. The van der Waals surface area contributed by atoms with Crippen molar-refractivity contribution in [3.63, 3.8) is 0 Å². The monoisotopic (exact) mass is 296 g/mol. The SMILES string of the molecule is CC(C)(C)CC(O)CNC(=O)c1noc(C2CCCN2)n1. The lowest BCUT2D eigenvalue weighted by Gasteiger charge is -2.22. The maximum atomic E-state index is 11.9. The number of aliphatic hydroxyl groups excluding tert-OH is 1. The van der Waals surface area contributed by atoms with Gasteiger partial charge in [0.15, 0.2) is 0 Å². The van der Waals surface area contributed by atoms with Crippen LogP contribution in [0.15, 0.2) is 4.52 Å². The molecule has 1 aromatic heterocycles. The van der Waals surface area contributed by atoms with E-state index in [1.54, 1.807) is 0 Å². The average molecular weight is 296 g/mol. The first-order valence-electron chi connectivity index (χ1n) is 7.38. The summed E-state index contributed by atoms with van der Waals surface area (Å²) >= 11 is 0. The Labute approximate surface area is 124 Å². The van der Waals surface area contributed by atoms with Crippen LogP contribution in [0.5, 0.6) is 0 Å². The lowest BCUT2D eigenvalue weighted by Crippen LogP contribution is -2.34. The Balaban J connectivity index is 1.83. The molecule has 7 nitrogen and oxygen atoms in total. The van der Waals surface area contributed by atoms with E-state index in [9.17, 15) is 9.90 Å². The minimum atomic E-state index is -0.586. The first kappa shape index (κ1) is 15.9. The number of rotatable bonds is 5. The summed E-state index contributed by atoms with van der Waals surface area (Å²) in [7, 11) is 0. The highest BCUT2D eigenvalue weighted by Gasteiger charge is 2.24. The molecular formula is C14H24N4O3. The summed E-state index contributed by atoms with van der Waals surface area (Å²) in [6.45, 7) is 7.23. The summed E-state index contributed by atoms with van der Waals surface area (Å²) < 4.78 is 5.11. The molecule has 2 heterocycles. The predicted molar refractivity (Wildman–Crippen MR) is 76.7 cm³/mol. The highest BCUT2D eigenvalue weighted by Crippen LogP contribution is 2.21. The fourth-order valence-electron chi connectivity index (χ4n) is 2.43. The molecule has 1 aliphatic heterocycles. The lowest BCUT2D eigenvalue weighted by molar-refractivity contribution is 0.0857. The van der Waals surface area contributed by atoms with Gasteiger partial charge in [0.05, 0.1) is 12.1 Å². The van der Waals surface area contributed by atoms with Crippen LogP contribution in [0.4, 0.5) is 0 Å². The fourth-order valence-corrected chi connectivity index (χ4v) is 2.43. The van der Waals surface area contributed by atoms with E-state index in [1.165, 1.54) is 0 Å². The molecule has 1 amide bonds. The molecule has 118 valence electrons. The lowest BCUT2D eigenvalue weighted by atomic mass is 9.89. The summed E-state index contributed by atoms with van der Waals surface area (Å²) in [5.41, 5.74) is 0.0115. The predicted octanol–water partition coefficient (Wildman–Crippen LogP) is 1.02. The molecule has 0 aliphatic carbocycles. The van der Waals surface area contributed by atoms with Crippen LogP contribution in [0.3, 0.4) is 0 Å². The van der Waals surface area contributed by atoms with Gasteiger partial charge in [-0.05, 0) is 31.2 Å². The van der Waals surface area contributed by atoms with Gasteiger partial charge in [0.25, 0.3) is 11.7 Å². The van der Waals surface area contributed by atoms with Crippen LogP contribution in [-0.2, 0) is 0 Å². The number of carbonyl (C=O) groups excluding carboxylic acids is 1. The molecule has 1 aliphatic rings. The highest BCUT2D eigenvalue weighted by atomic mass is 16.5. The van der Waals surface area contributed by atoms with Gasteiger partial charge < -0.3 is 20.3 Å². The largest absolute Gasteiger partial charge is 0.391 e. The van der Waals surface area contributed by atoms with E-state index in [2.05, 4.69) is 20.8 Å². The van der Waals surface area contributed by atoms with Crippen molar-refractivity contribution in [1.82, 2.24) is 20.8 Å². The number of nitrogens with zero attached hydrogens (tertiary/aromatic N) is 2. The third-order valence-corrected chi connectivity index (χ3v) is 3.35. The normalized spacial score (nSPS) is 20.5. The second kappa shape index (κ2) is 6.53. The van der Waals surface area contributed by atoms with E-state index in [0.717, 1.165) is 19.4 Å². The molecule has 0 saturated carbocycles. The minimum Gasteiger partial charge on any atom is -0.391 e. The van der Waals surface area contributed by atoms with Crippen LogP contribution in [0.1, 0.15) is 62.6 Å². The molecule has 21 heavy (non-hydrogen) atoms. The summed E-state index contributed by atoms with van der Waals surface area (Å²) in [6.07, 6.45) is 2.02. The Kier molecular flexibility index (Phi) is 4.95. The topological polar surface area (TPSA) is 100 Å². The smallest absolute Gasteiger partial charge is 0.292 e. The second-order valence-electron chi connectivity index (χ2n) is 6.73. The molecule has 0 bridgehead atoms. The minimum absolute atomic E-state index is 0.0115. The van der Waals surface area contributed by atoms with Gasteiger partial charge in [-0.25, -0.2) is 0 Å². The third kappa shape index (κ3) is 4.78. The Morgan fingerprint density at radius 1 is 1.57 bits per heavy atom. The van der Waals surface area contributed by atoms with Crippen molar-refractivity contribution in [2.45, 2.75) is 52.2 Å². The van der Waals surface area contributed by atoms with Crippen molar-refractivity contribution >= 4 is 5.91 Å². The summed E-state index contributed by atoms with van der Waals surface area (Å²) in [4.78, 5) is 16.0. The van der Waals surface area contributed by atoms with Crippen molar-refractivity contribution in [1.29, 1.82) is 0 Å². The number of nitrogens with one attached hydrogen (secondary N) is 2. The number of carbonyl (C=O) groups is 1. The second-order valence-corrected chi connectivity index (χ2v) is 6.73. The van der Waals surface area contributed by atoms with Crippen molar-refractivity contribution in [2.75, 3.05) is 13.1 Å². The van der Waals surface area contributed by atoms with E-state index < -0.39 is 12.0 Å². The van der Waals surface area contributed by atoms with Gasteiger partial charge >= 0.3 is 0 Å². The van der Waals surface area contributed by atoms with Crippen molar-refractivity contribution in [3.8, 4) is 0 Å². The number of aliphatic hydroxyl groups is 1. The van der Waals surface area contributed by atoms with Gasteiger partial charge in [0.2, 0.25) is 5.89 Å². The van der Waals surface area contributed by atoms with Gasteiger partial charge in [0.1, 0.15) is 0 Å². The molecule has 7 heteroatoms. The molecule has 0 aromatic carbocycles. The van der Waals surface area contributed by atoms with Crippen LogP contribution >= 0.6 is 0 Å². The van der Waals surface area contributed by atoms with E-state index >= 15 is 0 Å². The first-order chi connectivity index (χ1) is 9.85. The Morgan fingerprint density at radius 3 is 2.95 bits per heavy atom. The van der Waals surface area contributed by atoms with Gasteiger partial charge in [-0.3, -0.25) is 4.79 Å². The van der Waals surface area contributed by atoms with E-state index in [0.29, 0.717) is 12.3 Å². The molecule has 1 aromatic rings. The molecule has 2 atom stereocenters. The Bertz CT molecular complexity index is 475. The standard InChI is InChI=1S/C14H24N4O3/c1-14(2,3)7-9(19)8-16-12(20)11-17-13(21-18-11)10-5-4-6-15-10/h9-10,15,19H,4-8H2,1-3H3,(H,16,20). The average Bonchev–Trinajstić information content (AvgIpc) is 3.03. The van der Waals surface area contributed by atoms with Crippen LogP contribution < -0.4 is 10.6 Å². The molecule has 1 saturated heterocycles. The maximum absolute atomic E-state index is 11.9. The summed E-state index contributed by atoms with van der Waals surface area (Å²) in [5, 5.41) is 19.4. The van der Waals surface area contributed by atoms with E-state index in [4.69, 9.17) is 4.52 Å². The highest BCUT2D eigenvalue weighted by molar-refractivity contribution is 5.90. The maximum Gasteiger partial charge on any atom is 0.292 e. The number of hydrogen-bond donors (Lipinski definition) is 3. The van der Waals surface area contributed by atoms with Gasteiger partial charge in [-0.15, -0.1) is 0 Å². The number of amides is 1. The van der Waals surface area contributed by atoms with Crippen LogP contribution in [0.25, 0.3) is 0 Å². The Hall–Kier alpha value is -1.47. The van der Waals surface area contributed by atoms with Crippen LogP contribution in [0, 0.1) is 5.41 Å². The van der Waals surface area contributed by atoms with Gasteiger partial charge in [0, 0.05) is 6.54 Å². The molecule has 3 N–H and O–H groups in total. The Morgan fingerprint density at radius 2 is 2.33 bits per heavy atom. The summed E-state index contributed by atoms with van der Waals surface area (Å²) in [6, 6.07) is 0.0468. The number of hydrogen-bond acceptors (Lipinski definition) is 6. The van der Waals surface area contributed by atoms with E-state index in [-0.39, 0.29) is 23.8 Å². The quantitative estimate of drug-likeness (QED) is 0.750. The van der Waals surface area contributed by atoms with Crippen LogP contribution in [-0.4, -0.2) is 40.3 Å².